The molecule has 114 valence electrons. The van der Waals surface area contributed by atoms with Crippen molar-refractivity contribution in [3.63, 3.8) is 0 Å². The number of anilines is 1. The van der Waals surface area contributed by atoms with Gasteiger partial charge in [-0.1, -0.05) is 18.0 Å². The van der Waals surface area contributed by atoms with Crippen molar-refractivity contribution in [1.82, 2.24) is 0 Å². The van der Waals surface area contributed by atoms with Crippen molar-refractivity contribution in [1.29, 1.82) is 0 Å². The van der Waals surface area contributed by atoms with Gasteiger partial charge in [0.2, 0.25) is 5.91 Å². The number of aliphatic carboxylic acids is 1. The lowest BCUT2D eigenvalue weighted by molar-refractivity contribution is -0.159. The van der Waals surface area contributed by atoms with Crippen molar-refractivity contribution in [2.75, 3.05) is 5.32 Å². The first kappa shape index (κ1) is 15.6. The van der Waals surface area contributed by atoms with Crippen LogP contribution in [0.5, 0.6) is 0 Å². The van der Waals surface area contributed by atoms with E-state index in [2.05, 4.69) is 5.32 Å². The van der Waals surface area contributed by atoms with Crippen LogP contribution in [0.15, 0.2) is 18.2 Å². The molecule has 21 heavy (non-hydrogen) atoms. The van der Waals surface area contributed by atoms with Crippen molar-refractivity contribution >= 4 is 29.2 Å². The van der Waals surface area contributed by atoms with E-state index >= 15 is 0 Å². The van der Waals surface area contributed by atoms with Crippen LogP contribution in [0.2, 0.25) is 5.02 Å². The van der Waals surface area contributed by atoms with Gasteiger partial charge in [-0.3, -0.25) is 9.59 Å². The van der Waals surface area contributed by atoms with Gasteiger partial charge >= 0.3 is 12.1 Å². The Labute approximate surface area is 122 Å². The van der Waals surface area contributed by atoms with E-state index < -0.39 is 29.0 Å². The molecule has 2 rings (SSSR count). The summed E-state index contributed by atoms with van der Waals surface area (Å²) in [5.74, 6) is -2.10. The van der Waals surface area contributed by atoms with E-state index in [1.807, 2.05) is 0 Å². The summed E-state index contributed by atoms with van der Waals surface area (Å²) in [6.45, 7) is 0. The summed E-state index contributed by atoms with van der Waals surface area (Å²) in [5.41, 5.74) is -2.74. The van der Waals surface area contributed by atoms with Crippen molar-refractivity contribution in [3.8, 4) is 0 Å². The SMILES string of the molecule is O=C(O)C1(C(=O)Nc2cc(Cl)cc(C(F)(F)F)c2)CCC1. The van der Waals surface area contributed by atoms with E-state index in [-0.39, 0.29) is 23.6 Å². The quantitative estimate of drug-likeness (QED) is 0.837. The maximum absolute atomic E-state index is 12.7. The Morgan fingerprint density at radius 1 is 1.24 bits per heavy atom. The third-order valence-electron chi connectivity index (χ3n) is 3.53. The highest BCUT2D eigenvalue weighted by Gasteiger charge is 2.51. The molecule has 0 atom stereocenters. The smallest absolute Gasteiger partial charge is 0.416 e. The summed E-state index contributed by atoms with van der Waals surface area (Å²) in [4.78, 5) is 23.2. The number of hydrogen-bond acceptors (Lipinski definition) is 2. The lowest BCUT2D eigenvalue weighted by Crippen LogP contribution is -2.48. The average molecular weight is 322 g/mol. The predicted molar refractivity (Wildman–Crippen MR) is 69.0 cm³/mol. The first-order valence-electron chi connectivity index (χ1n) is 6.08. The van der Waals surface area contributed by atoms with E-state index in [4.69, 9.17) is 16.7 Å². The standard InChI is InChI=1S/C13H11ClF3NO3/c14-8-4-7(13(15,16)17)5-9(6-8)18-10(19)12(11(20)21)2-1-3-12/h4-6H,1-3H2,(H,18,19)(H,20,21). The zero-order chi connectivity index (χ0) is 15.8. The van der Waals surface area contributed by atoms with Crippen LogP contribution in [0.1, 0.15) is 24.8 Å². The highest BCUT2D eigenvalue weighted by atomic mass is 35.5. The molecule has 4 nitrogen and oxygen atoms in total. The van der Waals surface area contributed by atoms with Gasteiger partial charge in [-0.05, 0) is 31.0 Å². The molecule has 2 N–H and O–H groups in total. The van der Waals surface area contributed by atoms with E-state index in [1.165, 1.54) is 0 Å². The van der Waals surface area contributed by atoms with Gasteiger partial charge in [0.15, 0.2) is 0 Å². The fraction of sp³-hybridized carbons (Fsp3) is 0.385. The number of alkyl halides is 3. The second-order valence-electron chi connectivity index (χ2n) is 4.92. The number of carboxylic acids is 1. The fourth-order valence-corrected chi connectivity index (χ4v) is 2.38. The summed E-state index contributed by atoms with van der Waals surface area (Å²) in [7, 11) is 0. The minimum absolute atomic E-state index is 0.168. The molecular formula is C13H11ClF3NO3. The Kier molecular flexibility index (Phi) is 3.88. The molecule has 1 aromatic rings. The van der Waals surface area contributed by atoms with Crippen LogP contribution in [0, 0.1) is 5.41 Å². The first-order valence-corrected chi connectivity index (χ1v) is 6.45. The zero-order valence-electron chi connectivity index (χ0n) is 10.6. The lowest BCUT2D eigenvalue weighted by Gasteiger charge is -2.35. The molecule has 0 aliphatic heterocycles. The normalized spacial score (nSPS) is 17.0. The van der Waals surface area contributed by atoms with Crippen molar-refractivity contribution in [2.24, 2.45) is 5.41 Å². The summed E-state index contributed by atoms with van der Waals surface area (Å²) < 4.78 is 38.0. The molecular weight excluding hydrogens is 311 g/mol. The molecule has 0 saturated heterocycles. The minimum atomic E-state index is -4.61. The molecule has 0 unspecified atom stereocenters. The Balaban J connectivity index is 2.26. The van der Waals surface area contributed by atoms with Crippen LogP contribution in [0.3, 0.4) is 0 Å². The highest BCUT2D eigenvalue weighted by molar-refractivity contribution is 6.31. The third kappa shape index (κ3) is 2.97. The summed E-state index contributed by atoms with van der Waals surface area (Å²) in [6.07, 6.45) is -3.68. The molecule has 0 aromatic heterocycles. The van der Waals surface area contributed by atoms with Crippen LogP contribution in [0.25, 0.3) is 0 Å². The number of carbonyl (C=O) groups excluding carboxylic acids is 1. The molecule has 1 fully saturated rings. The van der Waals surface area contributed by atoms with Crippen LogP contribution in [-0.4, -0.2) is 17.0 Å². The molecule has 1 aromatic carbocycles. The van der Waals surface area contributed by atoms with Gasteiger partial charge in [0, 0.05) is 10.7 Å². The third-order valence-corrected chi connectivity index (χ3v) is 3.75. The van der Waals surface area contributed by atoms with E-state index in [1.54, 1.807) is 0 Å². The maximum Gasteiger partial charge on any atom is 0.416 e. The molecule has 8 heteroatoms. The Morgan fingerprint density at radius 2 is 1.86 bits per heavy atom. The number of hydrogen-bond donors (Lipinski definition) is 2. The van der Waals surface area contributed by atoms with Crippen LogP contribution in [-0.2, 0) is 15.8 Å². The Bertz CT molecular complexity index is 597. The number of carboxylic acid groups (broad SMARTS) is 1. The summed E-state index contributed by atoms with van der Waals surface area (Å²) in [6, 6.07) is 2.59. The van der Waals surface area contributed by atoms with Gasteiger partial charge in [-0.15, -0.1) is 0 Å². The number of amides is 1. The molecule has 1 aliphatic carbocycles. The number of rotatable bonds is 3. The number of halogens is 4. The number of benzene rings is 1. The molecule has 1 aliphatic rings. The summed E-state index contributed by atoms with van der Waals surface area (Å²) >= 11 is 5.60. The predicted octanol–water partition coefficient (Wildman–Crippen LogP) is 3.55. The molecule has 0 heterocycles. The van der Waals surface area contributed by atoms with Crippen molar-refractivity contribution in [2.45, 2.75) is 25.4 Å². The molecule has 1 amide bonds. The second kappa shape index (κ2) is 5.22. The largest absolute Gasteiger partial charge is 0.480 e. The van der Waals surface area contributed by atoms with E-state index in [0.717, 1.165) is 18.2 Å². The van der Waals surface area contributed by atoms with Crippen molar-refractivity contribution < 1.29 is 27.9 Å². The van der Waals surface area contributed by atoms with Crippen LogP contribution < -0.4 is 5.32 Å². The van der Waals surface area contributed by atoms with E-state index in [9.17, 15) is 22.8 Å². The Morgan fingerprint density at radius 3 is 2.29 bits per heavy atom. The molecule has 0 radical (unpaired) electrons. The van der Waals surface area contributed by atoms with Crippen molar-refractivity contribution in [3.05, 3.63) is 28.8 Å². The number of carbonyl (C=O) groups is 2. The average Bonchev–Trinajstić information content (AvgIpc) is 2.24. The molecule has 0 spiro atoms. The van der Waals surface area contributed by atoms with Crippen LogP contribution >= 0.6 is 11.6 Å². The fourth-order valence-electron chi connectivity index (χ4n) is 2.14. The van der Waals surface area contributed by atoms with Gasteiger partial charge in [0.1, 0.15) is 5.41 Å². The topological polar surface area (TPSA) is 66.4 Å². The summed E-state index contributed by atoms with van der Waals surface area (Å²) in [5, 5.41) is 11.1. The van der Waals surface area contributed by atoms with Gasteiger partial charge in [-0.2, -0.15) is 13.2 Å². The van der Waals surface area contributed by atoms with Gasteiger partial charge in [-0.25, -0.2) is 0 Å². The lowest BCUT2D eigenvalue weighted by atomic mass is 9.68. The van der Waals surface area contributed by atoms with Gasteiger partial charge < -0.3 is 10.4 Å². The van der Waals surface area contributed by atoms with Crippen LogP contribution in [0.4, 0.5) is 18.9 Å². The monoisotopic (exact) mass is 321 g/mol. The molecule has 0 bridgehead atoms. The van der Waals surface area contributed by atoms with Gasteiger partial charge in [0.25, 0.3) is 0 Å². The first-order chi connectivity index (χ1) is 9.65. The maximum atomic E-state index is 12.7. The zero-order valence-corrected chi connectivity index (χ0v) is 11.4. The number of nitrogens with one attached hydrogen (secondary N) is 1. The highest BCUT2D eigenvalue weighted by Crippen LogP contribution is 2.42. The second-order valence-corrected chi connectivity index (χ2v) is 5.36. The van der Waals surface area contributed by atoms with E-state index in [0.29, 0.717) is 6.42 Å². The van der Waals surface area contributed by atoms with Gasteiger partial charge in [0.05, 0.1) is 5.56 Å². The Hall–Kier alpha value is -1.76. The molecule has 1 saturated carbocycles. The minimum Gasteiger partial charge on any atom is -0.480 e.